The summed E-state index contributed by atoms with van der Waals surface area (Å²) in [5.74, 6) is 6.66. The van der Waals surface area contributed by atoms with Gasteiger partial charge in [-0.1, -0.05) is 61.4 Å². The lowest BCUT2D eigenvalue weighted by atomic mass is 9.95. The van der Waals surface area contributed by atoms with E-state index < -0.39 is 0 Å². The smallest absolute Gasteiger partial charge is 0.139 e. The predicted molar refractivity (Wildman–Crippen MR) is 104 cm³/mol. The molecule has 1 aromatic carbocycles. The number of pyridine rings is 1. The zero-order valence-electron chi connectivity index (χ0n) is 14.4. The van der Waals surface area contributed by atoms with Crippen LogP contribution in [0.15, 0.2) is 48.8 Å². The maximum absolute atomic E-state index is 4.52. The van der Waals surface area contributed by atoms with Crippen molar-refractivity contribution in [3.05, 3.63) is 59.9 Å². The third-order valence-corrected chi connectivity index (χ3v) is 4.90. The Kier molecular flexibility index (Phi) is 4.70. The molecule has 126 valence electrons. The molecule has 0 radical (unpaired) electrons. The minimum absolute atomic E-state index is 0.545. The second-order valence-electron chi connectivity index (χ2n) is 6.73. The maximum atomic E-state index is 4.52. The summed E-state index contributed by atoms with van der Waals surface area (Å²) in [6.07, 6.45) is 11.1. The number of nitrogens with one attached hydrogen (secondary N) is 2. The van der Waals surface area contributed by atoms with Gasteiger partial charge < -0.3 is 10.3 Å². The van der Waals surface area contributed by atoms with Crippen LogP contribution in [0.5, 0.6) is 0 Å². The first-order valence-corrected chi connectivity index (χ1v) is 9.15. The maximum Gasteiger partial charge on any atom is 0.139 e. The fourth-order valence-electron chi connectivity index (χ4n) is 3.55. The van der Waals surface area contributed by atoms with Crippen LogP contribution in [-0.4, -0.2) is 16.0 Å². The third kappa shape index (κ3) is 3.69. The quantitative estimate of drug-likeness (QED) is 0.671. The van der Waals surface area contributed by atoms with Crippen molar-refractivity contribution < 1.29 is 0 Å². The summed E-state index contributed by atoms with van der Waals surface area (Å²) >= 11 is 0. The van der Waals surface area contributed by atoms with E-state index in [1.807, 2.05) is 18.5 Å². The fourth-order valence-corrected chi connectivity index (χ4v) is 3.55. The Morgan fingerprint density at radius 2 is 1.92 bits per heavy atom. The van der Waals surface area contributed by atoms with Gasteiger partial charge in [-0.05, 0) is 24.5 Å². The Bertz CT molecular complexity index is 893. The normalized spacial score (nSPS) is 14.9. The zero-order chi connectivity index (χ0) is 16.9. The molecule has 2 aromatic heterocycles. The molecule has 0 spiro atoms. The lowest BCUT2D eigenvalue weighted by Crippen LogP contribution is -2.22. The van der Waals surface area contributed by atoms with Crippen LogP contribution in [0.4, 0.5) is 5.69 Å². The van der Waals surface area contributed by atoms with Crippen molar-refractivity contribution in [2.24, 2.45) is 0 Å². The van der Waals surface area contributed by atoms with Crippen molar-refractivity contribution in [2.45, 2.75) is 44.6 Å². The number of hydrogen-bond donors (Lipinski definition) is 2. The number of anilines is 1. The van der Waals surface area contributed by atoms with Crippen molar-refractivity contribution in [3.63, 3.8) is 0 Å². The molecule has 1 fully saturated rings. The van der Waals surface area contributed by atoms with Gasteiger partial charge in [0.1, 0.15) is 5.65 Å². The summed E-state index contributed by atoms with van der Waals surface area (Å²) in [5, 5.41) is 4.90. The van der Waals surface area contributed by atoms with Crippen LogP contribution >= 0.6 is 0 Å². The number of benzene rings is 1. The molecule has 0 bridgehead atoms. The fraction of sp³-hybridized carbons (Fsp3) is 0.318. The molecule has 0 aliphatic heterocycles. The largest absolute Gasteiger partial charge is 0.381 e. The topological polar surface area (TPSA) is 40.7 Å². The van der Waals surface area contributed by atoms with Gasteiger partial charge in [0, 0.05) is 30.2 Å². The minimum Gasteiger partial charge on any atom is -0.381 e. The molecule has 1 aliphatic carbocycles. The highest BCUT2D eigenvalue weighted by molar-refractivity contribution is 5.92. The van der Waals surface area contributed by atoms with Crippen LogP contribution in [0, 0.1) is 11.8 Å². The van der Waals surface area contributed by atoms with Gasteiger partial charge in [0.25, 0.3) is 0 Å². The van der Waals surface area contributed by atoms with E-state index in [4.69, 9.17) is 0 Å². The Balaban J connectivity index is 1.62. The molecule has 0 saturated heterocycles. The molecular formula is C22H23N3. The summed E-state index contributed by atoms with van der Waals surface area (Å²) in [6, 6.07) is 13.0. The lowest BCUT2D eigenvalue weighted by Gasteiger charge is -2.24. The number of aromatic amines is 1. The van der Waals surface area contributed by atoms with Gasteiger partial charge in [-0.15, -0.1) is 0 Å². The Morgan fingerprint density at radius 1 is 1.08 bits per heavy atom. The first-order valence-electron chi connectivity index (χ1n) is 9.15. The van der Waals surface area contributed by atoms with Crippen molar-refractivity contribution in [3.8, 4) is 11.8 Å². The van der Waals surface area contributed by atoms with Gasteiger partial charge in [0.05, 0.1) is 11.3 Å². The van der Waals surface area contributed by atoms with E-state index in [0.717, 1.165) is 28.7 Å². The number of rotatable bonds is 3. The summed E-state index contributed by atoms with van der Waals surface area (Å²) in [6.45, 7) is 0. The van der Waals surface area contributed by atoms with E-state index in [-0.39, 0.29) is 0 Å². The number of H-pyrrole nitrogens is 1. The highest BCUT2D eigenvalue weighted by Gasteiger charge is 2.16. The standard InChI is InChI=1S/C22H23N3/c1-3-8-17(9-4-1)10-7-11-18-16-24-22-20(14-15-23-22)21(18)25-19-12-5-2-6-13-19/h1,3-4,8-9,14-16,19H,2,5-6,10,12-13H2,(H2,23,24,25). The van der Waals surface area contributed by atoms with Gasteiger partial charge in [-0.2, -0.15) is 0 Å². The minimum atomic E-state index is 0.545. The molecular weight excluding hydrogens is 306 g/mol. The molecule has 3 heteroatoms. The van der Waals surface area contributed by atoms with Crippen molar-refractivity contribution in [2.75, 3.05) is 5.32 Å². The SMILES string of the molecule is C(#Cc1cnc2[nH]ccc2c1NC1CCCCC1)Cc1ccccc1. The predicted octanol–water partition coefficient (Wildman–Crippen LogP) is 4.90. The van der Waals surface area contributed by atoms with Crippen LogP contribution in [0.25, 0.3) is 11.0 Å². The molecule has 25 heavy (non-hydrogen) atoms. The number of hydrogen-bond acceptors (Lipinski definition) is 2. The average Bonchev–Trinajstić information content (AvgIpc) is 3.14. The molecule has 1 aliphatic rings. The van der Waals surface area contributed by atoms with Crippen LogP contribution in [0.1, 0.15) is 43.2 Å². The second kappa shape index (κ2) is 7.44. The molecule has 0 atom stereocenters. The van der Waals surface area contributed by atoms with E-state index >= 15 is 0 Å². The number of aromatic nitrogens is 2. The zero-order valence-corrected chi connectivity index (χ0v) is 14.4. The lowest BCUT2D eigenvalue weighted by molar-refractivity contribution is 0.463. The van der Waals surface area contributed by atoms with E-state index in [2.05, 4.69) is 57.5 Å². The Morgan fingerprint density at radius 3 is 2.76 bits per heavy atom. The van der Waals surface area contributed by atoms with Crippen LogP contribution in [-0.2, 0) is 6.42 Å². The monoisotopic (exact) mass is 329 g/mol. The van der Waals surface area contributed by atoms with Crippen molar-refractivity contribution >= 4 is 16.7 Å². The molecule has 1 saturated carbocycles. The van der Waals surface area contributed by atoms with Crippen LogP contribution in [0.3, 0.4) is 0 Å². The summed E-state index contributed by atoms with van der Waals surface area (Å²) in [5.41, 5.74) is 4.30. The number of nitrogens with zero attached hydrogens (tertiary/aromatic N) is 1. The van der Waals surface area contributed by atoms with Crippen LogP contribution in [0.2, 0.25) is 0 Å². The molecule has 2 heterocycles. The van der Waals surface area contributed by atoms with Crippen LogP contribution < -0.4 is 5.32 Å². The summed E-state index contributed by atoms with van der Waals surface area (Å²) < 4.78 is 0. The Labute approximate surface area is 148 Å². The van der Waals surface area contributed by atoms with Gasteiger partial charge in [0.2, 0.25) is 0 Å². The summed E-state index contributed by atoms with van der Waals surface area (Å²) in [4.78, 5) is 7.73. The van der Waals surface area contributed by atoms with Gasteiger partial charge in [-0.25, -0.2) is 4.98 Å². The first kappa shape index (κ1) is 15.8. The molecule has 0 amide bonds. The first-order chi connectivity index (χ1) is 12.4. The average molecular weight is 329 g/mol. The highest BCUT2D eigenvalue weighted by Crippen LogP contribution is 2.29. The van der Waals surface area contributed by atoms with Gasteiger partial charge >= 0.3 is 0 Å². The molecule has 3 aromatic rings. The molecule has 4 rings (SSSR count). The molecule has 3 nitrogen and oxygen atoms in total. The van der Waals surface area contributed by atoms with E-state index in [9.17, 15) is 0 Å². The van der Waals surface area contributed by atoms with Gasteiger partial charge in [0.15, 0.2) is 0 Å². The van der Waals surface area contributed by atoms with Crippen molar-refractivity contribution in [1.82, 2.24) is 9.97 Å². The Hall–Kier alpha value is -2.73. The van der Waals surface area contributed by atoms with E-state index in [0.29, 0.717) is 6.04 Å². The molecule has 0 unspecified atom stereocenters. The second-order valence-corrected chi connectivity index (χ2v) is 6.73. The van der Waals surface area contributed by atoms with E-state index in [1.165, 1.54) is 37.7 Å². The van der Waals surface area contributed by atoms with E-state index in [1.54, 1.807) is 0 Å². The number of fused-ring (bicyclic) bond motifs is 1. The van der Waals surface area contributed by atoms with Crippen molar-refractivity contribution in [1.29, 1.82) is 0 Å². The highest BCUT2D eigenvalue weighted by atomic mass is 14.9. The third-order valence-electron chi connectivity index (χ3n) is 4.90. The van der Waals surface area contributed by atoms with Gasteiger partial charge in [-0.3, -0.25) is 0 Å². The summed E-state index contributed by atoms with van der Waals surface area (Å²) in [7, 11) is 0. The molecule has 2 N–H and O–H groups in total.